The van der Waals surface area contributed by atoms with Crippen molar-refractivity contribution in [2.75, 3.05) is 20.2 Å². The number of hydrogen-bond acceptors (Lipinski definition) is 3. The summed E-state index contributed by atoms with van der Waals surface area (Å²) in [5, 5.41) is 0. The van der Waals surface area contributed by atoms with Crippen molar-refractivity contribution in [3.63, 3.8) is 0 Å². The molecule has 1 aliphatic rings. The summed E-state index contributed by atoms with van der Waals surface area (Å²) in [5.74, 6) is -0.0581. The van der Waals surface area contributed by atoms with E-state index in [2.05, 4.69) is 11.8 Å². The van der Waals surface area contributed by atoms with Crippen LogP contribution in [-0.2, 0) is 9.53 Å². The lowest BCUT2D eigenvalue weighted by Crippen LogP contribution is -2.52. The third kappa shape index (κ3) is 4.12. The average molecular weight is 227 g/mol. The van der Waals surface area contributed by atoms with Crippen molar-refractivity contribution in [1.29, 1.82) is 0 Å². The quantitative estimate of drug-likeness (QED) is 0.471. The fourth-order valence-electron chi connectivity index (χ4n) is 2.21. The van der Waals surface area contributed by atoms with Gasteiger partial charge in [0.05, 0.1) is 7.11 Å². The van der Waals surface area contributed by atoms with E-state index in [1.54, 1.807) is 0 Å². The summed E-state index contributed by atoms with van der Waals surface area (Å²) < 4.78 is 4.76. The van der Waals surface area contributed by atoms with Gasteiger partial charge in [0.15, 0.2) is 0 Å². The van der Waals surface area contributed by atoms with Crippen molar-refractivity contribution in [1.82, 2.24) is 4.90 Å². The molecule has 1 rings (SSSR count). The Labute approximate surface area is 99.1 Å². The molecule has 94 valence electrons. The van der Waals surface area contributed by atoms with Crippen LogP contribution in [0.15, 0.2) is 0 Å². The number of ether oxygens (including phenoxy) is 1. The standard InChI is InChI=1S/C13H25NO2/c1-3-4-5-6-7-8-10-14-11-9-12(14)13(15)16-2/h12H,3-11H2,1-2H3. The number of unbranched alkanes of at least 4 members (excludes halogenated alkanes) is 5. The second-order valence-corrected chi connectivity index (χ2v) is 4.63. The molecule has 1 fully saturated rings. The monoisotopic (exact) mass is 227 g/mol. The Morgan fingerprint density at radius 2 is 1.94 bits per heavy atom. The molecule has 0 saturated carbocycles. The Morgan fingerprint density at radius 3 is 2.50 bits per heavy atom. The smallest absolute Gasteiger partial charge is 0.323 e. The van der Waals surface area contributed by atoms with Gasteiger partial charge >= 0.3 is 5.97 Å². The summed E-state index contributed by atoms with van der Waals surface area (Å²) in [4.78, 5) is 13.6. The van der Waals surface area contributed by atoms with Gasteiger partial charge in [0, 0.05) is 6.54 Å². The van der Waals surface area contributed by atoms with Gasteiger partial charge in [0.25, 0.3) is 0 Å². The second kappa shape index (κ2) is 7.66. The first kappa shape index (κ1) is 13.5. The molecule has 1 heterocycles. The number of carbonyl (C=O) groups is 1. The summed E-state index contributed by atoms with van der Waals surface area (Å²) in [6.07, 6.45) is 8.84. The van der Waals surface area contributed by atoms with Crippen LogP contribution in [0.1, 0.15) is 51.9 Å². The highest BCUT2D eigenvalue weighted by Gasteiger charge is 2.34. The van der Waals surface area contributed by atoms with Crippen LogP contribution in [0.3, 0.4) is 0 Å². The van der Waals surface area contributed by atoms with Crippen molar-refractivity contribution in [3.8, 4) is 0 Å². The van der Waals surface area contributed by atoms with Gasteiger partial charge in [-0.25, -0.2) is 0 Å². The molecule has 0 aliphatic carbocycles. The summed E-state index contributed by atoms with van der Waals surface area (Å²) in [6.45, 7) is 4.36. The van der Waals surface area contributed by atoms with E-state index in [9.17, 15) is 4.79 Å². The molecule has 0 spiro atoms. The SMILES string of the molecule is CCCCCCCCN1CCC1C(=O)OC. The molecule has 16 heavy (non-hydrogen) atoms. The Balaban J connectivity index is 1.99. The Kier molecular flexibility index (Phi) is 6.46. The Morgan fingerprint density at radius 1 is 1.25 bits per heavy atom. The zero-order chi connectivity index (χ0) is 11.8. The number of hydrogen-bond donors (Lipinski definition) is 0. The molecule has 0 N–H and O–H groups in total. The van der Waals surface area contributed by atoms with Crippen molar-refractivity contribution in [2.45, 2.75) is 57.9 Å². The minimum absolute atomic E-state index is 0.0561. The van der Waals surface area contributed by atoms with Gasteiger partial charge in [0.2, 0.25) is 0 Å². The summed E-state index contributed by atoms with van der Waals surface area (Å²) in [7, 11) is 1.48. The third-order valence-electron chi connectivity index (χ3n) is 3.40. The van der Waals surface area contributed by atoms with E-state index < -0.39 is 0 Å². The van der Waals surface area contributed by atoms with Crippen molar-refractivity contribution in [3.05, 3.63) is 0 Å². The van der Waals surface area contributed by atoms with E-state index in [1.807, 2.05) is 0 Å². The lowest BCUT2D eigenvalue weighted by molar-refractivity contribution is -0.151. The molecular formula is C13H25NO2. The predicted molar refractivity (Wildman–Crippen MR) is 65.4 cm³/mol. The summed E-state index contributed by atoms with van der Waals surface area (Å²) >= 11 is 0. The van der Waals surface area contributed by atoms with Gasteiger partial charge in [-0.05, 0) is 19.4 Å². The van der Waals surface area contributed by atoms with Crippen molar-refractivity contribution < 1.29 is 9.53 Å². The first-order valence-electron chi connectivity index (χ1n) is 6.61. The molecule has 0 bridgehead atoms. The van der Waals surface area contributed by atoms with E-state index in [1.165, 1.54) is 45.6 Å². The highest BCUT2D eigenvalue weighted by molar-refractivity contribution is 5.76. The zero-order valence-electron chi connectivity index (χ0n) is 10.7. The molecule has 0 aromatic carbocycles. The molecule has 3 heteroatoms. The highest BCUT2D eigenvalue weighted by atomic mass is 16.5. The fourth-order valence-corrected chi connectivity index (χ4v) is 2.21. The van der Waals surface area contributed by atoms with Gasteiger partial charge in [-0.1, -0.05) is 39.0 Å². The van der Waals surface area contributed by atoms with Gasteiger partial charge in [-0.2, -0.15) is 0 Å². The van der Waals surface area contributed by atoms with Crippen LogP contribution in [0.4, 0.5) is 0 Å². The molecule has 1 unspecified atom stereocenters. The van der Waals surface area contributed by atoms with Crippen LogP contribution in [-0.4, -0.2) is 37.1 Å². The fraction of sp³-hybridized carbons (Fsp3) is 0.923. The molecule has 1 aliphatic heterocycles. The maximum absolute atomic E-state index is 11.3. The second-order valence-electron chi connectivity index (χ2n) is 4.63. The minimum atomic E-state index is -0.0581. The largest absolute Gasteiger partial charge is 0.468 e. The maximum Gasteiger partial charge on any atom is 0.323 e. The predicted octanol–water partition coefficient (Wildman–Crippen LogP) is 2.59. The lowest BCUT2D eigenvalue weighted by Gasteiger charge is -2.38. The first-order chi connectivity index (χ1) is 7.79. The Bertz CT molecular complexity index is 206. The summed E-state index contributed by atoms with van der Waals surface area (Å²) in [5.41, 5.74) is 0. The number of methoxy groups -OCH3 is 1. The van der Waals surface area contributed by atoms with Crippen LogP contribution in [0.2, 0.25) is 0 Å². The van der Waals surface area contributed by atoms with E-state index in [0.717, 1.165) is 19.5 Å². The molecular weight excluding hydrogens is 202 g/mol. The number of likely N-dealkylation sites (tertiary alicyclic amines) is 1. The number of carbonyl (C=O) groups excluding carboxylic acids is 1. The molecule has 0 radical (unpaired) electrons. The minimum Gasteiger partial charge on any atom is -0.468 e. The van der Waals surface area contributed by atoms with E-state index in [4.69, 9.17) is 4.74 Å². The van der Waals surface area contributed by atoms with Crippen LogP contribution < -0.4 is 0 Å². The molecule has 1 atom stereocenters. The first-order valence-corrected chi connectivity index (χ1v) is 6.61. The topological polar surface area (TPSA) is 29.5 Å². The molecule has 0 amide bonds. The van der Waals surface area contributed by atoms with E-state index in [-0.39, 0.29) is 12.0 Å². The Hall–Kier alpha value is -0.570. The number of esters is 1. The van der Waals surface area contributed by atoms with Crippen LogP contribution in [0, 0.1) is 0 Å². The van der Waals surface area contributed by atoms with Crippen LogP contribution in [0.25, 0.3) is 0 Å². The third-order valence-corrected chi connectivity index (χ3v) is 3.40. The lowest BCUT2D eigenvalue weighted by atomic mass is 10.0. The summed E-state index contributed by atoms with van der Waals surface area (Å²) in [6, 6.07) is 0.0561. The van der Waals surface area contributed by atoms with Crippen LogP contribution >= 0.6 is 0 Å². The number of nitrogens with zero attached hydrogens (tertiary/aromatic N) is 1. The maximum atomic E-state index is 11.3. The molecule has 0 aromatic heterocycles. The zero-order valence-corrected chi connectivity index (χ0v) is 10.7. The van der Waals surface area contributed by atoms with Crippen molar-refractivity contribution >= 4 is 5.97 Å². The van der Waals surface area contributed by atoms with E-state index in [0.29, 0.717) is 0 Å². The normalized spacial score (nSPS) is 20.5. The van der Waals surface area contributed by atoms with Gasteiger partial charge < -0.3 is 4.74 Å². The van der Waals surface area contributed by atoms with E-state index >= 15 is 0 Å². The van der Waals surface area contributed by atoms with Gasteiger partial charge in [-0.15, -0.1) is 0 Å². The average Bonchev–Trinajstić information content (AvgIpc) is 2.26. The molecule has 1 saturated heterocycles. The number of rotatable bonds is 8. The van der Waals surface area contributed by atoms with Crippen LogP contribution in [0.5, 0.6) is 0 Å². The van der Waals surface area contributed by atoms with Crippen molar-refractivity contribution in [2.24, 2.45) is 0 Å². The molecule has 0 aromatic rings. The molecule has 3 nitrogen and oxygen atoms in total. The van der Waals surface area contributed by atoms with Gasteiger partial charge in [-0.3, -0.25) is 9.69 Å². The highest BCUT2D eigenvalue weighted by Crippen LogP contribution is 2.19. The van der Waals surface area contributed by atoms with Gasteiger partial charge in [0.1, 0.15) is 6.04 Å².